The SMILES string of the molecule is [3H]c1csc(OCc2c(CC)csc2-n2nnn(C)c2=O)n1. The number of thiophene rings is 1. The van der Waals surface area contributed by atoms with E-state index in [9.17, 15) is 4.79 Å². The standard InChI is InChI=1S/C12H13N5O2S2/c1-3-8-7-21-10(17-12(18)16(2)14-15-17)9(8)6-19-11-13-4-5-20-11/h4-5,7H,3,6H2,1-2H3/i4T. The summed E-state index contributed by atoms with van der Waals surface area (Å²) in [4.78, 5) is 16.0. The predicted molar refractivity (Wildman–Crippen MR) is 80.3 cm³/mol. The second-order valence-electron chi connectivity index (χ2n) is 4.23. The van der Waals surface area contributed by atoms with Gasteiger partial charge in [-0.05, 0) is 27.8 Å². The Hall–Kier alpha value is -2.00. The van der Waals surface area contributed by atoms with E-state index in [0.29, 0.717) is 10.2 Å². The fourth-order valence-electron chi connectivity index (χ4n) is 1.86. The lowest BCUT2D eigenvalue weighted by atomic mass is 10.1. The van der Waals surface area contributed by atoms with Gasteiger partial charge in [-0.2, -0.15) is 4.68 Å². The van der Waals surface area contributed by atoms with Crippen molar-refractivity contribution in [2.24, 2.45) is 7.05 Å². The van der Waals surface area contributed by atoms with Crippen LogP contribution in [0, 0.1) is 0 Å². The minimum Gasteiger partial charge on any atom is -0.465 e. The first kappa shape index (κ1) is 12.7. The Labute approximate surface area is 129 Å². The normalized spacial score (nSPS) is 11.6. The summed E-state index contributed by atoms with van der Waals surface area (Å²) in [5, 5.41) is 12.4. The maximum absolute atomic E-state index is 12.0. The van der Waals surface area contributed by atoms with Crippen molar-refractivity contribution in [3.05, 3.63) is 38.5 Å². The number of ether oxygens (including phenoxy) is 1. The van der Waals surface area contributed by atoms with Gasteiger partial charge in [0, 0.05) is 24.2 Å². The highest BCUT2D eigenvalue weighted by molar-refractivity contribution is 7.13. The lowest BCUT2D eigenvalue weighted by Crippen LogP contribution is -2.22. The molecule has 21 heavy (non-hydrogen) atoms. The molecule has 0 fully saturated rings. The van der Waals surface area contributed by atoms with Crippen LogP contribution in [0.15, 0.2) is 21.7 Å². The van der Waals surface area contributed by atoms with E-state index in [1.165, 1.54) is 32.0 Å². The highest BCUT2D eigenvalue weighted by Gasteiger charge is 2.17. The van der Waals surface area contributed by atoms with Crippen molar-refractivity contribution in [3.63, 3.8) is 0 Å². The van der Waals surface area contributed by atoms with Gasteiger partial charge in [0.25, 0.3) is 5.19 Å². The Morgan fingerprint density at radius 1 is 1.43 bits per heavy atom. The molecule has 0 saturated heterocycles. The lowest BCUT2D eigenvalue weighted by Gasteiger charge is -2.06. The third kappa shape index (κ3) is 2.61. The molecule has 9 heteroatoms. The zero-order valence-electron chi connectivity index (χ0n) is 12.4. The predicted octanol–water partition coefficient (Wildman–Crippen LogP) is 1.63. The Bertz CT molecular complexity index is 850. The molecular formula is C12H13N5O2S2. The van der Waals surface area contributed by atoms with E-state index in [2.05, 4.69) is 15.4 Å². The molecule has 110 valence electrons. The van der Waals surface area contributed by atoms with Crippen LogP contribution < -0.4 is 10.4 Å². The van der Waals surface area contributed by atoms with Crippen molar-refractivity contribution < 1.29 is 6.11 Å². The number of aromatic nitrogens is 5. The van der Waals surface area contributed by atoms with Crippen molar-refractivity contribution in [2.45, 2.75) is 20.0 Å². The summed E-state index contributed by atoms with van der Waals surface area (Å²) >= 11 is 2.71. The van der Waals surface area contributed by atoms with Crippen LogP contribution in [0.1, 0.15) is 19.4 Å². The summed E-state index contributed by atoms with van der Waals surface area (Å²) in [6.45, 7) is 2.32. The van der Waals surface area contributed by atoms with Crippen molar-refractivity contribution in [1.82, 2.24) is 24.8 Å². The third-order valence-electron chi connectivity index (χ3n) is 2.96. The number of hydrogen-bond acceptors (Lipinski definition) is 7. The van der Waals surface area contributed by atoms with Gasteiger partial charge >= 0.3 is 5.69 Å². The monoisotopic (exact) mass is 325 g/mol. The average Bonchev–Trinajstić information content (AvgIpc) is 3.18. The van der Waals surface area contributed by atoms with Gasteiger partial charge in [0.2, 0.25) is 0 Å². The van der Waals surface area contributed by atoms with Gasteiger partial charge in [0.05, 0.1) is 1.37 Å². The van der Waals surface area contributed by atoms with E-state index in [4.69, 9.17) is 6.11 Å². The quantitative estimate of drug-likeness (QED) is 0.712. The van der Waals surface area contributed by atoms with Gasteiger partial charge in [-0.3, -0.25) is 0 Å². The topological polar surface area (TPSA) is 74.8 Å². The van der Waals surface area contributed by atoms with Crippen LogP contribution in [0.2, 0.25) is 0 Å². The number of aryl methyl sites for hydroxylation is 2. The smallest absolute Gasteiger partial charge is 0.368 e. The summed E-state index contributed by atoms with van der Waals surface area (Å²) in [7, 11) is 1.56. The van der Waals surface area contributed by atoms with Crippen molar-refractivity contribution in [1.29, 1.82) is 0 Å². The molecule has 0 unspecified atom stereocenters. The van der Waals surface area contributed by atoms with E-state index in [1.807, 2.05) is 12.3 Å². The summed E-state index contributed by atoms with van der Waals surface area (Å²) in [5.74, 6) is 0. The van der Waals surface area contributed by atoms with Gasteiger partial charge < -0.3 is 4.74 Å². The lowest BCUT2D eigenvalue weighted by molar-refractivity contribution is 0.303. The van der Waals surface area contributed by atoms with E-state index in [1.54, 1.807) is 12.4 Å². The fraction of sp³-hybridized carbons (Fsp3) is 0.333. The number of hydrogen-bond donors (Lipinski definition) is 0. The average molecular weight is 325 g/mol. The first-order valence-electron chi connectivity index (χ1n) is 6.73. The summed E-state index contributed by atoms with van der Waals surface area (Å²) in [6.07, 6.45) is 1.01. The Balaban J connectivity index is 1.93. The maximum Gasteiger partial charge on any atom is 0.368 e. The Kier molecular flexibility index (Phi) is 3.50. The molecule has 0 saturated carbocycles. The molecule has 0 radical (unpaired) electrons. The molecule has 0 spiro atoms. The molecule has 3 rings (SSSR count). The van der Waals surface area contributed by atoms with Crippen LogP contribution >= 0.6 is 22.7 Å². The van der Waals surface area contributed by atoms with E-state index >= 15 is 0 Å². The molecule has 3 aromatic heterocycles. The van der Waals surface area contributed by atoms with Crippen LogP contribution in [-0.2, 0) is 20.1 Å². The van der Waals surface area contributed by atoms with Gasteiger partial charge in [0.15, 0.2) is 0 Å². The van der Waals surface area contributed by atoms with Gasteiger partial charge in [0.1, 0.15) is 11.6 Å². The highest BCUT2D eigenvalue weighted by atomic mass is 32.1. The van der Waals surface area contributed by atoms with Crippen molar-refractivity contribution in [3.8, 4) is 10.2 Å². The zero-order chi connectivity index (χ0) is 15.7. The van der Waals surface area contributed by atoms with E-state index in [0.717, 1.165) is 17.5 Å². The second-order valence-corrected chi connectivity index (χ2v) is 5.91. The second kappa shape index (κ2) is 5.78. The first-order valence-corrected chi connectivity index (χ1v) is 7.99. The molecular weight excluding hydrogens is 310 g/mol. The number of tetrazole rings is 1. The number of nitrogens with zero attached hydrogens (tertiary/aromatic N) is 5. The zero-order valence-corrected chi connectivity index (χ0v) is 13.1. The number of rotatable bonds is 5. The molecule has 0 N–H and O–H groups in total. The van der Waals surface area contributed by atoms with E-state index < -0.39 is 0 Å². The van der Waals surface area contributed by atoms with Crippen LogP contribution in [0.25, 0.3) is 5.00 Å². The van der Waals surface area contributed by atoms with Crippen LogP contribution in [0.5, 0.6) is 5.19 Å². The molecule has 0 amide bonds. The molecule has 3 heterocycles. The summed E-state index contributed by atoms with van der Waals surface area (Å²) in [5.41, 5.74) is 1.70. The molecule has 7 nitrogen and oxygen atoms in total. The third-order valence-corrected chi connectivity index (χ3v) is 4.64. The molecule has 0 bridgehead atoms. The molecule has 0 aliphatic rings. The minimum absolute atomic E-state index is 0.186. The van der Waals surface area contributed by atoms with Crippen molar-refractivity contribution >= 4 is 22.7 Å². The molecule has 3 aromatic rings. The Morgan fingerprint density at radius 2 is 2.29 bits per heavy atom. The maximum atomic E-state index is 12.0. The van der Waals surface area contributed by atoms with Crippen LogP contribution in [0.3, 0.4) is 0 Å². The van der Waals surface area contributed by atoms with E-state index in [-0.39, 0.29) is 18.5 Å². The van der Waals surface area contributed by atoms with Crippen molar-refractivity contribution in [2.75, 3.05) is 0 Å². The molecule has 0 aliphatic carbocycles. The molecule has 0 aliphatic heterocycles. The first-order chi connectivity index (χ1) is 10.6. The Morgan fingerprint density at radius 3 is 2.90 bits per heavy atom. The summed E-state index contributed by atoms with van der Waals surface area (Å²) in [6, 6.07) is 0. The van der Waals surface area contributed by atoms with Gasteiger partial charge in [-0.1, -0.05) is 18.3 Å². The van der Waals surface area contributed by atoms with Gasteiger partial charge in [-0.25, -0.2) is 9.78 Å². The highest BCUT2D eigenvalue weighted by Crippen LogP contribution is 2.27. The van der Waals surface area contributed by atoms with Crippen LogP contribution in [-0.4, -0.2) is 24.8 Å². The minimum atomic E-state index is -0.298. The fourth-order valence-corrected chi connectivity index (χ4v) is 3.41. The number of thiazole rings is 1. The molecule has 0 atom stereocenters. The summed E-state index contributed by atoms with van der Waals surface area (Å²) < 4.78 is 15.5. The molecule has 0 aromatic carbocycles. The van der Waals surface area contributed by atoms with Crippen LogP contribution in [0.4, 0.5) is 0 Å². The largest absolute Gasteiger partial charge is 0.465 e. The van der Waals surface area contributed by atoms with Gasteiger partial charge in [-0.15, -0.1) is 16.0 Å².